The first-order valence-corrected chi connectivity index (χ1v) is 9.05. The van der Waals surface area contributed by atoms with Gasteiger partial charge in [-0.25, -0.2) is 0 Å². The summed E-state index contributed by atoms with van der Waals surface area (Å²) in [6, 6.07) is 6.20. The van der Waals surface area contributed by atoms with E-state index in [0.717, 1.165) is 35.5 Å². The molecular weight excluding hydrogens is 330 g/mol. The van der Waals surface area contributed by atoms with Crippen LogP contribution in [-0.2, 0) is 18.4 Å². The number of amides is 1. The first-order valence-electron chi connectivity index (χ1n) is 9.05. The fraction of sp³-hybridized carbons (Fsp3) is 0.400. The molecule has 1 aromatic heterocycles. The van der Waals surface area contributed by atoms with Gasteiger partial charge in [-0.2, -0.15) is 5.10 Å². The van der Waals surface area contributed by atoms with Crippen molar-refractivity contribution in [3.8, 4) is 11.5 Å². The van der Waals surface area contributed by atoms with Gasteiger partial charge in [0.2, 0.25) is 12.7 Å². The molecule has 1 aliphatic carbocycles. The summed E-state index contributed by atoms with van der Waals surface area (Å²) in [4.78, 5) is 14.9. The molecule has 0 atom stereocenters. The minimum atomic E-state index is 0.0402. The molecule has 6 heteroatoms. The zero-order chi connectivity index (χ0) is 17.9. The summed E-state index contributed by atoms with van der Waals surface area (Å²) in [5, 5.41) is 4.13. The lowest BCUT2D eigenvalue weighted by Gasteiger charge is -2.28. The quantitative estimate of drug-likeness (QED) is 0.775. The summed E-state index contributed by atoms with van der Waals surface area (Å²) in [7, 11) is 1.86. The number of benzene rings is 1. The van der Waals surface area contributed by atoms with Gasteiger partial charge < -0.3 is 14.4 Å². The van der Waals surface area contributed by atoms with Crippen molar-refractivity contribution in [2.45, 2.75) is 38.3 Å². The van der Waals surface area contributed by atoms with E-state index in [9.17, 15) is 4.79 Å². The smallest absolute Gasteiger partial charge is 0.247 e. The molecule has 0 radical (unpaired) electrons. The molecule has 4 rings (SSSR count). The highest BCUT2D eigenvalue weighted by Crippen LogP contribution is 2.33. The standard InChI is InChI=1S/C20H23N3O3/c1-22-12-16(11-21-22)7-9-20(24)23(17-4-2-3-5-17)13-15-6-8-18-19(10-15)26-14-25-18/h6-12,17H,2-5,13-14H2,1H3/b9-7+. The van der Waals surface area contributed by atoms with Gasteiger partial charge in [0.1, 0.15) is 0 Å². The molecule has 0 N–H and O–H groups in total. The fourth-order valence-electron chi connectivity index (χ4n) is 3.63. The maximum Gasteiger partial charge on any atom is 0.247 e. The average molecular weight is 353 g/mol. The largest absolute Gasteiger partial charge is 0.454 e. The highest BCUT2D eigenvalue weighted by Gasteiger charge is 2.26. The number of ether oxygens (including phenoxy) is 2. The van der Waals surface area contributed by atoms with Gasteiger partial charge in [0.15, 0.2) is 11.5 Å². The van der Waals surface area contributed by atoms with Gasteiger partial charge in [0.25, 0.3) is 0 Å². The maximum absolute atomic E-state index is 12.9. The summed E-state index contributed by atoms with van der Waals surface area (Å²) in [6.45, 7) is 0.843. The van der Waals surface area contributed by atoms with Crippen molar-refractivity contribution < 1.29 is 14.3 Å². The summed E-state index contributed by atoms with van der Waals surface area (Å²) in [5.41, 5.74) is 1.99. The molecule has 6 nitrogen and oxygen atoms in total. The Morgan fingerprint density at radius 1 is 1.31 bits per heavy atom. The lowest BCUT2D eigenvalue weighted by Crippen LogP contribution is -2.37. The highest BCUT2D eigenvalue weighted by atomic mass is 16.7. The van der Waals surface area contributed by atoms with E-state index in [1.54, 1.807) is 17.0 Å². The number of rotatable bonds is 5. The molecule has 136 valence electrons. The third kappa shape index (κ3) is 3.59. The van der Waals surface area contributed by atoms with Gasteiger partial charge in [-0.1, -0.05) is 18.9 Å². The second-order valence-corrected chi connectivity index (χ2v) is 6.87. The van der Waals surface area contributed by atoms with Crippen molar-refractivity contribution in [2.24, 2.45) is 7.05 Å². The number of aromatic nitrogens is 2. The van der Waals surface area contributed by atoms with Crippen molar-refractivity contribution in [3.05, 3.63) is 47.8 Å². The molecule has 26 heavy (non-hydrogen) atoms. The van der Waals surface area contributed by atoms with Crippen molar-refractivity contribution >= 4 is 12.0 Å². The van der Waals surface area contributed by atoms with E-state index in [1.807, 2.05) is 42.4 Å². The zero-order valence-electron chi connectivity index (χ0n) is 14.9. The molecule has 2 aromatic rings. The van der Waals surface area contributed by atoms with Crippen molar-refractivity contribution in [1.82, 2.24) is 14.7 Å². The van der Waals surface area contributed by atoms with E-state index in [1.165, 1.54) is 12.8 Å². The fourth-order valence-corrected chi connectivity index (χ4v) is 3.63. The highest BCUT2D eigenvalue weighted by molar-refractivity contribution is 5.92. The Balaban J connectivity index is 1.52. The van der Waals surface area contributed by atoms with Crippen LogP contribution in [0.4, 0.5) is 0 Å². The van der Waals surface area contributed by atoms with Gasteiger partial charge in [-0.15, -0.1) is 0 Å². The minimum Gasteiger partial charge on any atom is -0.454 e. The third-order valence-corrected chi connectivity index (χ3v) is 4.98. The van der Waals surface area contributed by atoms with Crippen LogP contribution in [0.2, 0.25) is 0 Å². The Kier molecular flexibility index (Phi) is 4.65. The van der Waals surface area contributed by atoms with Gasteiger partial charge in [-0.05, 0) is 36.6 Å². The Morgan fingerprint density at radius 3 is 2.88 bits per heavy atom. The molecule has 1 amide bonds. The van der Waals surface area contributed by atoms with E-state index in [2.05, 4.69) is 5.10 Å². The molecule has 2 heterocycles. The van der Waals surface area contributed by atoms with Gasteiger partial charge >= 0.3 is 0 Å². The van der Waals surface area contributed by atoms with Gasteiger partial charge in [-0.3, -0.25) is 9.48 Å². The van der Waals surface area contributed by atoms with Crippen LogP contribution < -0.4 is 9.47 Å². The predicted molar refractivity (Wildman–Crippen MR) is 97.6 cm³/mol. The normalized spacial score (nSPS) is 16.5. The van der Waals surface area contributed by atoms with Crippen LogP contribution in [0, 0.1) is 0 Å². The minimum absolute atomic E-state index is 0.0402. The molecule has 1 fully saturated rings. The Morgan fingerprint density at radius 2 is 2.12 bits per heavy atom. The number of hydrogen-bond acceptors (Lipinski definition) is 4. The van der Waals surface area contributed by atoms with Crippen LogP contribution in [0.5, 0.6) is 11.5 Å². The van der Waals surface area contributed by atoms with Gasteiger partial charge in [0.05, 0.1) is 6.20 Å². The number of hydrogen-bond donors (Lipinski definition) is 0. The first kappa shape index (κ1) is 16.7. The molecule has 2 aliphatic rings. The number of nitrogens with zero attached hydrogens (tertiary/aromatic N) is 3. The number of carbonyl (C=O) groups excluding carboxylic acids is 1. The van der Waals surface area contributed by atoms with Crippen LogP contribution in [0.15, 0.2) is 36.7 Å². The van der Waals surface area contributed by atoms with Crippen molar-refractivity contribution in [3.63, 3.8) is 0 Å². The lowest BCUT2D eigenvalue weighted by atomic mass is 10.1. The van der Waals surface area contributed by atoms with Crippen LogP contribution in [0.1, 0.15) is 36.8 Å². The zero-order valence-corrected chi connectivity index (χ0v) is 14.9. The molecule has 0 saturated heterocycles. The number of aryl methyl sites for hydroxylation is 1. The molecule has 1 aliphatic heterocycles. The van der Waals surface area contributed by atoms with E-state index >= 15 is 0 Å². The van der Waals surface area contributed by atoms with Crippen LogP contribution in [-0.4, -0.2) is 33.4 Å². The summed E-state index contributed by atoms with van der Waals surface area (Å²) in [6.07, 6.45) is 11.6. The monoisotopic (exact) mass is 353 g/mol. The van der Waals surface area contributed by atoms with Crippen LogP contribution in [0.25, 0.3) is 6.08 Å². The molecule has 0 unspecified atom stereocenters. The lowest BCUT2D eigenvalue weighted by molar-refractivity contribution is -0.128. The SMILES string of the molecule is Cn1cc(/C=C/C(=O)N(Cc2ccc3c(c2)OCO3)C2CCCC2)cn1. The van der Waals surface area contributed by atoms with Crippen LogP contribution in [0.3, 0.4) is 0 Å². The Hall–Kier alpha value is -2.76. The summed E-state index contributed by atoms with van der Waals surface area (Å²) >= 11 is 0. The van der Waals surface area contributed by atoms with Crippen molar-refractivity contribution in [2.75, 3.05) is 6.79 Å². The topological polar surface area (TPSA) is 56.6 Å². The number of carbonyl (C=O) groups is 1. The van der Waals surface area contributed by atoms with E-state index < -0.39 is 0 Å². The first-order chi connectivity index (χ1) is 12.7. The molecule has 0 bridgehead atoms. The molecule has 1 saturated carbocycles. The molecule has 0 spiro atoms. The average Bonchev–Trinajstić information content (AvgIpc) is 3.38. The predicted octanol–water partition coefficient (Wildman–Crippen LogP) is 3.13. The molecular formula is C20H23N3O3. The van der Waals surface area contributed by atoms with E-state index in [-0.39, 0.29) is 12.7 Å². The van der Waals surface area contributed by atoms with E-state index in [4.69, 9.17) is 9.47 Å². The third-order valence-electron chi connectivity index (χ3n) is 4.98. The molecule has 1 aromatic carbocycles. The Labute approximate surface area is 153 Å². The number of fused-ring (bicyclic) bond motifs is 1. The van der Waals surface area contributed by atoms with E-state index in [0.29, 0.717) is 12.6 Å². The maximum atomic E-state index is 12.9. The van der Waals surface area contributed by atoms with Crippen molar-refractivity contribution in [1.29, 1.82) is 0 Å². The van der Waals surface area contributed by atoms with Gasteiger partial charge in [0, 0.05) is 37.5 Å². The Bertz CT molecular complexity index is 821. The van der Waals surface area contributed by atoms with Crippen LogP contribution >= 0.6 is 0 Å². The second kappa shape index (κ2) is 7.23. The summed E-state index contributed by atoms with van der Waals surface area (Å²) in [5.74, 6) is 1.56. The summed E-state index contributed by atoms with van der Waals surface area (Å²) < 4.78 is 12.6. The second-order valence-electron chi connectivity index (χ2n) is 6.87.